The van der Waals surface area contributed by atoms with Crippen LogP contribution in [0.4, 0.5) is 0 Å². The van der Waals surface area contributed by atoms with Crippen LogP contribution >= 0.6 is 0 Å². The summed E-state index contributed by atoms with van der Waals surface area (Å²) in [5.74, 6) is 0.353. The number of nitrogens with two attached hydrogens (primary N) is 1. The standard InChI is InChI=1S/C16H27NO/c1-4-5-6-14-7-9-15(10-8-14)12(2)11-16(18)13(3)17/h7-10,12-13,16,18H,4-6,11,17H2,1-3H3. The SMILES string of the molecule is CCCCc1ccc(C(C)CC(O)C(C)N)cc1. The van der Waals surface area contributed by atoms with E-state index in [4.69, 9.17) is 5.73 Å². The minimum Gasteiger partial charge on any atom is -0.392 e. The molecule has 0 radical (unpaired) electrons. The van der Waals surface area contributed by atoms with Crippen LogP contribution in [0.25, 0.3) is 0 Å². The fourth-order valence-corrected chi connectivity index (χ4v) is 2.11. The van der Waals surface area contributed by atoms with Gasteiger partial charge in [-0.1, -0.05) is 44.5 Å². The maximum Gasteiger partial charge on any atom is 0.0694 e. The summed E-state index contributed by atoms with van der Waals surface area (Å²) in [5, 5.41) is 9.80. The molecule has 0 aliphatic rings. The van der Waals surface area contributed by atoms with E-state index in [1.807, 2.05) is 6.92 Å². The molecule has 0 saturated heterocycles. The van der Waals surface area contributed by atoms with Crippen LogP contribution < -0.4 is 5.73 Å². The molecule has 18 heavy (non-hydrogen) atoms. The molecule has 0 fully saturated rings. The molecule has 0 spiro atoms. The molecular weight excluding hydrogens is 222 g/mol. The Bertz CT molecular complexity index is 331. The van der Waals surface area contributed by atoms with Crippen LogP contribution in [0.2, 0.25) is 0 Å². The molecule has 2 nitrogen and oxygen atoms in total. The van der Waals surface area contributed by atoms with Gasteiger partial charge in [0.25, 0.3) is 0 Å². The topological polar surface area (TPSA) is 46.2 Å². The first-order valence-electron chi connectivity index (χ1n) is 7.07. The zero-order chi connectivity index (χ0) is 13.5. The second-order valence-corrected chi connectivity index (χ2v) is 5.41. The summed E-state index contributed by atoms with van der Waals surface area (Å²) < 4.78 is 0. The smallest absolute Gasteiger partial charge is 0.0694 e. The summed E-state index contributed by atoms with van der Waals surface area (Å²) in [6, 6.07) is 8.63. The van der Waals surface area contributed by atoms with Crippen LogP contribution in [-0.2, 0) is 6.42 Å². The second-order valence-electron chi connectivity index (χ2n) is 5.41. The Morgan fingerprint density at radius 3 is 2.28 bits per heavy atom. The summed E-state index contributed by atoms with van der Waals surface area (Å²) in [5.41, 5.74) is 8.38. The van der Waals surface area contributed by atoms with Crippen molar-refractivity contribution in [2.75, 3.05) is 0 Å². The number of rotatable bonds is 7. The molecule has 3 unspecified atom stereocenters. The molecule has 0 bridgehead atoms. The fourth-order valence-electron chi connectivity index (χ4n) is 2.11. The van der Waals surface area contributed by atoms with Gasteiger partial charge in [-0.2, -0.15) is 0 Å². The van der Waals surface area contributed by atoms with Crippen molar-refractivity contribution in [2.45, 2.75) is 64.5 Å². The first-order valence-corrected chi connectivity index (χ1v) is 7.07. The van der Waals surface area contributed by atoms with Gasteiger partial charge in [0.1, 0.15) is 0 Å². The Labute approximate surface area is 111 Å². The predicted octanol–water partition coefficient (Wildman–Crippen LogP) is 3.23. The quantitative estimate of drug-likeness (QED) is 0.779. The van der Waals surface area contributed by atoms with Crippen LogP contribution in [0, 0.1) is 0 Å². The van der Waals surface area contributed by atoms with E-state index >= 15 is 0 Å². The third-order valence-corrected chi connectivity index (χ3v) is 3.57. The van der Waals surface area contributed by atoms with E-state index in [0.717, 1.165) is 12.8 Å². The van der Waals surface area contributed by atoms with E-state index in [1.165, 1.54) is 24.0 Å². The van der Waals surface area contributed by atoms with E-state index in [9.17, 15) is 5.11 Å². The fraction of sp³-hybridized carbons (Fsp3) is 0.625. The van der Waals surface area contributed by atoms with Crippen molar-refractivity contribution in [2.24, 2.45) is 5.73 Å². The van der Waals surface area contributed by atoms with Crippen LogP contribution in [0.3, 0.4) is 0 Å². The Kier molecular flexibility index (Phi) is 6.37. The number of hydrogen-bond donors (Lipinski definition) is 2. The molecule has 1 aromatic rings. The molecule has 0 aliphatic carbocycles. The number of benzene rings is 1. The molecule has 0 heterocycles. The summed E-state index contributed by atoms with van der Waals surface area (Å²) in [7, 11) is 0. The Morgan fingerprint density at radius 2 is 1.78 bits per heavy atom. The van der Waals surface area contributed by atoms with Gasteiger partial charge in [0.05, 0.1) is 6.10 Å². The zero-order valence-corrected chi connectivity index (χ0v) is 11.9. The summed E-state index contributed by atoms with van der Waals surface area (Å²) in [4.78, 5) is 0. The average molecular weight is 249 g/mol. The molecule has 1 rings (SSSR count). The molecule has 102 valence electrons. The van der Waals surface area contributed by atoms with Crippen molar-refractivity contribution in [1.29, 1.82) is 0 Å². The van der Waals surface area contributed by atoms with E-state index < -0.39 is 6.10 Å². The van der Waals surface area contributed by atoms with Crippen LogP contribution in [0.15, 0.2) is 24.3 Å². The predicted molar refractivity (Wildman–Crippen MR) is 77.7 cm³/mol. The van der Waals surface area contributed by atoms with Gasteiger partial charge in [-0.15, -0.1) is 0 Å². The molecule has 0 aromatic heterocycles. The molecule has 2 heteroatoms. The summed E-state index contributed by atoms with van der Waals surface area (Å²) >= 11 is 0. The van der Waals surface area contributed by atoms with E-state index in [2.05, 4.69) is 38.1 Å². The molecule has 0 saturated carbocycles. The van der Waals surface area contributed by atoms with Crippen molar-refractivity contribution in [3.05, 3.63) is 35.4 Å². The lowest BCUT2D eigenvalue weighted by Gasteiger charge is -2.19. The van der Waals surface area contributed by atoms with Crippen molar-refractivity contribution in [3.8, 4) is 0 Å². The van der Waals surface area contributed by atoms with Gasteiger partial charge in [0.15, 0.2) is 0 Å². The number of aliphatic hydroxyl groups is 1. The number of hydrogen-bond acceptors (Lipinski definition) is 2. The molecular formula is C16H27NO. The van der Waals surface area contributed by atoms with Crippen molar-refractivity contribution < 1.29 is 5.11 Å². The second kappa shape index (κ2) is 7.55. The van der Waals surface area contributed by atoms with Gasteiger partial charge in [0, 0.05) is 6.04 Å². The highest BCUT2D eigenvalue weighted by Gasteiger charge is 2.15. The van der Waals surface area contributed by atoms with Crippen molar-refractivity contribution in [3.63, 3.8) is 0 Å². The average Bonchev–Trinajstić information content (AvgIpc) is 2.36. The van der Waals surface area contributed by atoms with Crippen LogP contribution in [0.1, 0.15) is 57.1 Å². The third-order valence-electron chi connectivity index (χ3n) is 3.57. The molecule has 1 aromatic carbocycles. The zero-order valence-electron chi connectivity index (χ0n) is 11.9. The number of aryl methyl sites for hydroxylation is 1. The largest absolute Gasteiger partial charge is 0.392 e. The van der Waals surface area contributed by atoms with Gasteiger partial charge in [-0.25, -0.2) is 0 Å². The van der Waals surface area contributed by atoms with Gasteiger partial charge < -0.3 is 10.8 Å². The molecule has 0 amide bonds. The summed E-state index contributed by atoms with van der Waals surface area (Å²) in [6.07, 6.45) is 3.95. The number of aliphatic hydroxyl groups excluding tert-OH is 1. The highest BCUT2D eigenvalue weighted by atomic mass is 16.3. The van der Waals surface area contributed by atoms with Crippen LogP contribution in [0.5, 0.6) is 0 Å². The monoisotopic (exact) mass is 249 g/mol. The lowest BCUT2D eigenvalue weighted by molar-refractivity contribution is 0.134. The highest BCUT2D eigenvalue weighted by molar-refractivity contribution is 5.25. The highest BCUT2D eigenvalue weighted by Crippen LogP contribution is 2.22. The minimum atomic E-state index is -0.417. The van der Waals surface area contributed by atoms with Gasteiger partial charge in [-0.3, -0.25) is 0 Å². The van der Waals surface area contributed by atoms with E-state index in [1.54, 1.807) is 0 Å². The Hall–Kier alpha value is -0.860. The molecule has 0 aliphatic heterocycles. The Balaban J connectivity index is 2.55. The van der Waals surface area contributed by atoms with Gasteiger partial charge in [-0.05, 0) is 43.2 Å². The lowest BCUT2D eigenvalue weighted by atomic mass is 9.92. The first-order chi connectivity index (χ1) is 8.54. The lowest BCUT2D eigenvalue weighted by Crippen LogP contribution is -2.32. The molecule has 3 N–H and O–H groups in total. The Morgan fingerprint density at radius 1 is 1.17 bits per heavy atom. The number of unbranched alkanes of at least 4 members (excludes halogenated alkanes) is 1. The normalized spacial score (nSPS) is 16.3. The summed E-state index contributed by atoms with van der Waals surface area (Å²) in [6.45, 7) is 6.21. The maximum absolute atomic E-state index is 9.80. The van der Waals surface area contributed by atoms with Gasteiger partial charge >= 0.3 is 0 Å². The van der Waals surface area contributed by atoms with E-state index in [0.29, 0.717) is 5.92 Å². The van der Waals surface area contributed by atoms with E-state index in [-0.39, 0.29) is 6.04 Å². The van der Waals surface area contributed by atoms with Gasteiger partial charge in [0.2, 0.25) is 0 Å². The third kappa shape index (κ3) is 4.79. The maximum atomic E-state index is 9.80. The molecule has 3 atom stereocenters. The van der Waals surface area contributed by atoms with Crippen LogP contribution in [-0.4, -0.2) is 17.3 Å². The van der Waals surface area contributed by atoms with Crippen molar-refractivity contribution in [1.82, 2.24) is 0 Å². The minimum absolute atomic E-state index is 0.156. The first kappa shape index (κ1) is 15.2. The van der Waals surface area contributed by atoms with Crippen molar-refractivity contribution >= 4 is 0 Å².